The SMILES string of the molecule is CN1CC(=O)N(CC(=O)NCC(C)(C)CCCO)C1=O. The third-order valence-electron chi connectivity index (χ3n) is 3.31. The first-order valence-electron chi connectivity index (χ1n) is 6.70. The van der Waals surface area contributed by atoms with Gasteiger partial charge in [0.1, 0.15) is 13.1 Å². The van der Waals surface area contributed by atoms with Crippen LogP contribution in [0.15, 0.2) is 0 Å². The Balaban J connectivity index is 2.41. The molecule has 1 aliphatic heterocycles. The summed E-state index contributed by atoms with van der Waals surface area (Å²) < 4.78 is 0. The molecule has 1 saturated heterocycles. The number of hydrogen-bond acceptors (Lipinski definition) is 4. The van der Waals surface area contributed by atoms with Crippen molar-refractivity contribution in [3.63, 3.8) is 0 Å². The molecule has 2 N–H and O–H groups in total. The minimum Gasteiger partial charge on any atom is -0.396 e. The highest BCUT2D eigenvalue weighted by Crippen LogP contribution is 2.20. The summed E-state index contributed by atoms with van der Waals surface area (Å²) in [6, 6.07) is -0.440. The molecule has 0 saturated carbocycles. The molecule has 0 atom stereocenters. The van der Waals surface area contributed by atoms with Crippen LogP contribution in [0.4, 0.5) is 4.79 Å². The molecule has 0 aromatic rings. The van der Waals surface area contributed by atoms with Gasteiger partial charge in [0, 0.05) is 20.2 Å². The van der Waals surface area contributed by atoms with Crippen LogP contribution in [0.3, 0.4) is 0 Å². The van der Waals surface area contributed by atoms with Crippen molar-refractivity contribution in [3.05, 3.63) is 0 Å². The van der Waals surface area contributed by atoms with Crippen LogP contribution in [0.5, 0.6) is 0 Å². The highest BCUT2D eigenvalue weighted by atomic mass is 16.3. The minimum atomic E-state index is -0.440. The van der Waals surface area contributed by atoms with E-state index < -0.39 is 6.03 Å². The Kier molecular flexibility index (Phi) is 5.50. The van der Waals surface area contributed by atoms with E-state index in [2.05, 4.69) is 5.32 Å². The van der Waals surface area contributed by atoms with E-state index in [1.807, 2.05) is 13.8 Å². The summed E-state index contributed by atoms with van der Waals surface area (Å²) in [6.45, 7) is 4.33. The quantitative estimate of drug-likeness (QED) is 0.634. The van der Waals surface area contributed by atoms with Gasteiger partial charge in [-0.2, -0.15) is 0 Å². The molecule has 0 spiro atoms. The van der Waals surface area contributed by atoms with Crippen LogP contribution >= 0.6 is 0 Å². The standard InChI is InChI=1S/C13H23N3O4/c1-13(2,5-4-6-17)9-14-10(18)7-16-11(19)8-15(3)12(16)20/h17H,4-9H2,1-3H3,(H,14,18). The lowest BCUT2D eigenvalue weighted by Crippen LogP contribution is -2.43. The summed E-state index contributed by atoms with van der Waals surface area (Å²) in [4.78, 5) is 37.2. The zero-order valence-electron chi connectivity index (χ0n) is 12.3. The van der Waals surface area contributed by atoms with Gasteiger partial charge in [0.2, 0.25) is 5.91 Å². The van der Waals surface area contributed by atoms with Crippen molar-refractivity contribution in [3.8, 4) is 0 Å². The molecule has 7 nitrogen and oxygen atoms in total. The van der Waals surface area contributed by atoms with Crippen molar-refractivity contribution in [2.75, 3.05) is 33.3 Å². The maximum absolute atomic E-state index is 11.8. The fraction of sp³-hybridized carbons (Fsp3) is 0.769. The normalized spacial score (nSPS) is 16.0. The molecule has 0 unspecified atom stereocenters. The van der Waals surface area contributed by atoms with Gasteiger partial charge in [-0.25, -0.2) is 4.79 Å². The molecule has 0 aromatic heterocycles. The van der Waals surface area contributed by atoms with Crippen molar-refractivity contribution in [2.24, 2.45) is 5.41 Å². The second kappa shape index (κ2) is 6.69. The lowest BCUT2D eigenvalue weighted by Gasteiger charge is -2.25. The number of urea groups is 1. The topological polar surface area (TPSA) is 90.0 Å². The van der Waals surface area contributed by atoms with Gasteiger partial charge in [-0.15, -0.1) is 0 Å². The van der Waals surface area contributed by atoms with Crippen molar-refractivity contribution >= 4 is 17.8 Å². The number of carbonyl (C=O) groups is 3. The summed E-state index contributed by atoms with van der Waals surface area (Å²) in [6.07, 6.45) is 1.46. The first kappa shape index (κ1) is 16.4. The molecule has 1 rings (SSSR count). The van der Waals surface area contributed by atoms with Crippen LogP contribution in [-0.4, -0.2) is 66.0 Å². The van der Waals surface area contributed by atoms with Gasteiger partial charge < -0.3 is 15.3 Å². The van der Waals surface area contributed by atoms with E-state index in [0.717, 1.165) is 11.3 Å². The lowest BCUT2D eigenvalue weighted by molar-refractivity contribution is -0.130. The third-order valence-corrected chi connectivity index (χ3v) is 3.31. The van der Waals surface area contributed by atoms with E-state index in [-0.39, 0.29) is 36.9 Å². The van der Waals surface area contributed by atoms with Crippen molar-refractivity contribution < 1.29 is 19.5 Å². The molecular formula is C13H23N3O4. The maximum atomic E-state index is 11.8. The number of carbonyl (C=O) groups excluding carboxylic acids is 3. The molecule has 0 aromatic carbocycles. The Labute approximate surface area is 118 Å². The van der Waals surface area contributed by atoms with Gasteiger partial charge in [0.25, 0.3) is 5.91 Å². The monoisotopic (exact) mass is 285 g/mol. The Morgan fingerprint density at radius 3 is 2.55 bits per heavy atom. The van der Waals surface area contributed by atoms with Crippen molar-refractivity contribution in [1.29, 1.82) is 0 Å². The largest absolute Gasteiger partial charge is 0.396 e. The summed E-state index contributed by atoms with van der Waals surface area (Å²) in [7, 11) is 1.52. The Morgan fingerprint density at radius 2 is 2.05 bits per heavy atom. The predicted octanol–water partition coefficient (Wildman–Crippen LogP) is -0.205. The van der Waals surface area contributed by atoms with Gasteiger partial charge in [-0.3, -0.25) is 14.5 Å². The van der Waals surface area contributed by atoms with E-state index in [4.69, 9.17) is 5.11 Å². The minimum absolute atomic E-state index is 0.0219. The second-order valence-electron chi connectivity index (χ2n) is 5.89. The molecular weight excluding hydrogens is 262 g/mol. The average Bonchev–Trinajstić information content (AvgIpc) is 2.61. The van der Waals surface area contributed by atoms with Gasteiger partial charge in [0.15, 0.2) is 0 Å². The molecule has 4 amide bonds. The summed E-state index contributed by atoms with van der Waals surface area (Å²) in [5, 5.41) is 11.5. The molecule has 7 heteroatoms. The van der Waals surface area contributed by atoms with E-state index in [0.29, 0.717) is 13.0 Å². The van der Waals surface area contributed by atoms with Gasteiger partial charge in [-0.05, 0) is 18.3 Å². The highest BCUT2D eigenvalue weighted by molar-refractivity contribution is 6.04. The average molecular weight is 285 g/mol. The number of aliphatic hydroxyl groups is 1. The van der Waals surface area contributed by atoms with Gasteiger partial charge >= 0.3 is 6.03 Å². The summed E-state index contributed by atoms with van der Waals surface area (Å²) >= 11 is 0. The Hall–Kier alpha value is -1.63. The van der Waals surface area contributed by atoms with E-state index in [1.54, 1.807) is 0 Å². The number of amides is 4. The zero-order valence-corrected chi connectivity index (χ0v) is 12.3. The number of hydrogen-bond donors (Lipinski definition) is 2. The molecule has 0 radical (unpaired) electrons. The third kappa shape index (κ3) is 4.48. The van der Waals surface area contributed by atoms with Crippen LogP contribution in [-0.2, 0) is 9.59 Å². The van der Waals surface area contributed by atoms with Crippen molar-refractivity contribution in [1.82, 2.24) is 15.1 Å². The smallest absolute Gasteiger partial charge is 0.327 e. The van der Waals surface area contributed by atoms with Crippen molar-refractivity contribution in [2.45, 2.75) is 26.7 Å². The predicted molar refractivity (Wildman–Crippen MR) is 72.8 cm³/mol. The molecule has 0 bridgehead atoms. The fourth-order valence-electron chi connectivity index (χ4n) is 2.01. The lowest BCUT2D eigenvalue weighted by atomic mass is 9.88. The molecule has 114 valence electrons. The number of imide groups is 1. The molecule has 1 fully saturated rings. The van der Waals surface area contributed by atoms with Crippen LogP contribution in [0.1, 0.15) is 26.7 Å². The molecule has 0 aliphatic carbocycles. The molecule has 1 heterocycles. The highest BCUT2D eigenvalue weighted by Gasteiger charge is 2.34. The summed E-state index contributed by atoms with van der Waals surface area (Å²) in [5.41, 5.74) is -0.131. The zero-order chi connectivity index (χ0) is 15.3. The number of aliphatic hydroxyl groups excluding tert-OH is 1. The van der Waals surface area contributed by atoms with Crippen LogP contribution in [0, 0.1) is 5.41 Å². The van der Waals surface area contributed by atoms with Gasteiger partial charge in [-0.1, -0.05) is 13.8 Å². The van der Waals surface area contributed by atoms with Gasteiger partial charge in [0.05, 0.1) is 0 Å². The number of rotatable bonds is 7. The van der Waals surface area contributed by atoms with E-state index in [9.17, 15) is 14.4 Å². The molecule has 1 aliphatic rings. The van der Waals surface area contributed by atoms with Crippen LogP contribution < -0.4 is 5.32 Å². The first-order valence-corrected chi connectivity index (χ1v) is 6.70. The Bertz CT molecular complexity index is 395. The fourth-order valence-corrected chi connectivity index (χ4v) is 2.01. The molecule has 20 heavy (non-hydrogen) atoms. The van der Waals surface area contributed by atoms with Crippen LogP contribution in [0.2, 0.25) is 0 Å². The number of nitrogens with zero attached hydrogens (tertiary/aromatic N) is 2. The summed E-state index contributed by atoms with van der Waals surface area (Å²) in [5.74, 6) is -0.703. The van der Waals surface area contributed by atoms with E-state index >= 15 is 0 Å². The van der Waals surface area contributed by atoms with Crippen LogP contribution in [0.25, 0.3) is 0 Å². The van der Waals surface area contributed by atoms with E-state index in [1.165, 1.54) is 11.9 Å². The number of likely N-dealkylation sites (N-methyl/N-ethyl adjacent to an activating group) is 1. The first-order chi connectivity index (χ1) is 9.26. The second-order valence-corrected chi connectivity index (χ2v) is 5.89. The number of nitrogens with one attached hydrogen (secondary N) is 1. The Morgan fingerprint density at radius 1 is 1.40 bits per heavy atom. The maximum Gasteiger partial charge on any atom is 0.327 e.